The maximum absolute atomic E-state index is 12.6. The summed E-state index contributed by atoms with van der Waals surface area (Å²) < 4.78 is 32.4. The average molecular weight is 802 g/mol. The van der Waals surface area contributed by atoms with Crippen molar-refractivity contribution in [2.24, 2.45) is 5.73 Å². The number of aliphatic hydroxyl groups is 2. The number of nitrogens with two attached hydrogens (primary N) is 1. The van der Waals surface area contributed by atoms with Crippen LogP contribution in [0.3, 0.4) is 0 Å². The molecule has 0 saturated carbocycles. The molecule has 5 atom stereocenters. The summed E-state index contributed by atoms with van der Waals surface area (Å²) in [7, 11) is -4.78. The Hall–Kier alpha value is -2.64. The summed E-state index contributed by atoms with van der Waals surface area (Å²) in [4.78, 5) is 45.8. The van der Waals surface area contributed by atoms with Gasteiger partial charge < -0.3 is 35.4 Å². The van der Waals surface area contributed by atoms with E-state index in [2.05, 4.69) is 24.4 Å². The Morgan fingerprint density at radius 1 is 0.655 bits per heavy atom. The number of carbonyl (C=O) groups is 3. The van der Waals surface area contributed by atoms with Gasteiger partial charge in [0, 0.05) is 12.8 Å². The Morgan fingerprint density at radius 3 is 1.78 bits per heavy atom. The second-order valence-electron chi connectivity index (χ2n) is 13.8. The number of carbonyl (C=O) groups excluding carboxylic acids is 2. The summed E-state index contributed by atoms with van der Waals surface area (Å²) in [6.45, 7) is 2.47. The van der Waals surface area contributed by atoms with Crippen LogP contribution in [0.1, 0.15) is 149 Å². The Kier molecular flexibility index (Phi) is 34.0. The number of phosphoric ester groups is 1. The summed E-state index contributed by atoms with van der Waals surface area (Å²) in [6.07, 6.45) is 31.0. The summed E-state index contributed by atoms with van der Waals surface area (Å²) in [5.74, 6) is -2.66. The van der Waals surface area contributed by atoms with Crippen LogP contribution in [-0.2, 0) is 37.5 Å². The highest BCUT2D eigenvalue weighted by molar-refractivity contribution is 7.47. The molecular formula is C41H72NO12P. The molecule has 1 unspecified atom stereocenters. The first-order valence-corrected chi connectivity index (χ1v) is 21.9. The molecule has 6 N–H and O–H groups in total. The lowest BCUT2D eigenvalue weighted by atomic mass is 10.0. The predicted octanol–water partition coefficient (Wildman–Crippen LogP) is 8.17. The second kappa shape index (κ2) is 35.8. The number of aliphatic carboxylic acids is 1. The van der Waals surface area contributed by atoms with E-state index in [1.807, 2.05) is 6.08 Å². The first-order valence-electron chi connectivity index (χ1n) is 20.4. The molecule has 0 saturated heterocycles. The standard InChI is InChI=1S/C41H72NO12P/c1-3-5-7-9-11-12-13-14-15-16-18-24-30-39(45)51-32-37(33-52-55(49,50)53-34-38(42)41(47)48)54-40(46)31-25-29-36(44)28-23-20-19-22-27-35(43)26-21-17-10-8-6-4-2/h17,19-23,27-28,35-38,43-44H,3-16,18,24-26,29-34,42H2,1-2H3,(H,47,48)(H,49,50)/b20-19+,21-17-,27-22+,28-23-/t35-,36-,37+,38-/m0/s1. The number of hydrogen-bond acceptors (Lipinski definition) is 11. The minimum Gasteiger partial charge on any atom is -0.480 e. The van der Waals surface area contributed by atoms with Crippen molar-refractivity contribution in [1.29, 1.82) is 0 Å². The van der Waals surface area contributed by atoms with Crippen molar-refractivity contribution in [3.05, 3.63) is 48.6 Å². The SMILES string of the molecule is CCCCC/C=C\C[C@H](O)/C=C/C=C/C=C\[C@H](O)CCCC(=O)O[C@H](COC(=O)CCCCCCCCCCCCCC)COP(=O)(O)OC[C@H](N)C(=O)O. The molecular weight excluding hydrogens is 729 g/mol. The fourth-order valence-corrected chi connectivity index (χ4v) is 5.98. The van der Waals surface area contributed by atoms with E-state index in [1.54, 1.807) is 36.5 Å². The van der Waals surface area contributed by atoms with E-state index in [4.69, 9.17) is 24.8 Å². The molecule has 0 heterocycles. The van der Waals surface area contributed by atoms with E-state index >= 15 is 0 Å². The normalized spacial score (nSPS) is 15.5. The van der Waals surface area contributed by atoms with Gasteiger partial charge in [-0.3, -0.25) is 23.4 Å². The number of carboxylic acids is 1. The van der Waals surface area contributed by atoms with Crippen molar-refractivity contribution < 1.29 is 57.7 Å². The fraction of sp³-hybridized carbons (Fsp3) is 0.732. The number of aliphatic hydroxyl groups excluding tert-OH is 2. The molecule has 318 valence electrons. The van der Waals surface area contributed by atoms with Crippen molar-refractivity contribution in [3.63, 3.8) is 0 Å². The average Bonchev–Trinajstić information content (AvgIpc) is 3.14. The number of carboxylic acid groups (broad SMARTS) is 1. The van der Waals surface area contributed by atoms with Crippen LogP contribution in [0, 0.1) is 0 Å². The van der Waals surface area contributed by atoms with Crippen molar-refractivity contribution in [2.45, 2.75) is 173 Å². The maximum Gasteiger partial charge on any atom is 0.472 e. The Morgan fingerprint density at radius 2 is 1.18 bits per heavy atom. The van der Waals surface area contributed by atoms with Gasteiger partial charge in [0.1, 0.15) is 12.6 Å². The van der Waals surface area contributed by atoms with Crippen molar-refractivity contribution in [2.75, 3.05) is 19.8 Å². The molecule has 0 aliphatic carbocycles. The predicted molar refractivity (Wildman–Crippen MR) is 215 cm³/mol. The first kappa shape index (κ1) is 52.4. The minimum atomic E-state index is -4.78. The van der Waals surface area contributed by atoms with Gasteiger partial charge in [-0.15, -0.1) is 0 Å². The highest BCUT2D eigenvalue weighted by Crippen LogP contribution is 2.43. The lowest BCUT2D eigenvalue weighted by Crippen LogP contribution is -2.34. The lowest BCUT2D eigenvalue weighted by Gasteiger charge is -2.20. The summed E-state index contributed by atoms with van der Waals surface area (Å²) in [6, 6.07) is -1.56. The largest absolute Gasteiger partial charge is 0.480 e. The molecule has 0 aromatic carbocycles. The zero-order valence-electron chi connectivity index (χ0n) is 33.5. The molecule has 13 nitrogen and oxygen atoms in total. The molecule has 0 amide bonds. The fourth-order valence-electron chi connectivity index (χ4n) is 5.20. The Labute approximate surface area is 330 Å². The Balaban J connectivity index is 4.69. The number of rotatable bonds is 37. The van der Waals surface area contributed by atoms with Crippen LogP contribution in [0.2, 0.25) is 0 Å². The molecule has 0 aromatic heterocycles. The van der Waals surface area contributed by atoms with Crippen LogP contribution in [0.5, 0.6) is 0 Å². The van der Waals surface area contributed by atoms with Gasteiger partial charge in [-0.25, -0.2) is 4.57 Å². The van der Waals surface area contributed by atoms with E-state index < -0.39 is 69.9 Å². The maximum atomic E-state index is 12.6. The van der Waals surface area contributed by atoms with Crippen LogP contribution in [-0.4, -0.2) is 82.3 Å². The quantitative estimate of drug-likeness (QED) is 0.0132. The van der Waals surface area contributed by atoms with Crippen LogP contribution in [0.15, 0.2) is 48.6 Å². The number of phosphoric acid groups is 1. The zero-order chi connectivity index (χ0) is 41.0. The van der Waals surface area contributed by atoms with Crippen molar-refractivity contribution in [1.82, 2.24) is 0 Å². The van der Waals surface area contributed by atoms with Crippen LogP contribution >= 0.6 is 7.82 Å². The molecule has 0 aliphatic heterocycles. The van der Waals surface area contributed by atoms with Crippen LogP contribution < -0.4 is 5.73 Å². The van der Waals surface area contributed by atoms with Crippen LogP contribution in [0.4, 0.5) is 0 Å². The summed E-state index contributed by atoms with van der Waals surface area (Å²) in [5.41, 5.74) is 5.30. The molecule has 14 heteroatoms. The zero-order valence-corrected chi connectivity index (χ0v) is 34.4. The lowest BCUT2D eigenvalue weighted by molar-refractivity contribution is -0.161. The van der Waals surface area contributed by atoms with Gasteiger partial charge in [-0.2, -0.15) is 0 Å². The topological polar surface area (TPSA) is 212 Å². The molecule has 0 aliphatic rings. The number of hydrogen-bond donors (Lipinski definition) is 5. The number of ether oxygens (including phenoxy) is 2. The number of unbranched alkanes of at least 4 members (excludes halogenated alkanes) is 14. The third-order valence-electron chi connectivity index (χ3n) is 8.52. The molecule has 0 rings (SSSR count). The highest BCUT2D eigenvalue weighted by atomic mass is 31.2. The molecule has 0 aromatic rings. The molecule has 0 fully saturated rings. The monoisotopic (exact) mass is 801 g/mol. The second-order valence-corrected chi connectivity index (χ2v) is 15.3. The van der Waals surface area contributed by atoms with E-state index in [-0.39, 0.29) is 25.7 Å². The van der Waals surface area contributed by atoms with Crippen molar-refractivity contribution >= 4 is 25.7 Å². The van der Waals surface area contributed by atoms with Gasteiger partial charge >= 0.3 is 25.7 Å². The van der Waals surface area contributed by atoms with Gasteiger partial charge in [0.05, 0.1) is 25.4 Å². The molecule has 55 heavy (non-hydrogen) atoms. The third kappa shape index (κ3) is 35.5. The van der Waals surface area contributed by atoms with E-state index in [0.717, 1.165) is 32.1 Å². The summed E-state index contributed by atoms with van der Waals surface area (Å²) in [5, 5.41) is 29.1. The summed E-state index contributed by atoms with van der Waals surface area (Å²) >= 11 is 0. The Bertz CT molecular complexity index is 1160. The third-order valence-corrected chi connectivity index (χ3v) is 9.47. The number of esters is 2. The minimum absolute atomic E-state index is 0.0987. The highest BCUT2D eigenvalue weighted by Gasteiger charge is 2.28. The van der Waals surface area contributed by atoms with E-state index in [0.29, 0.717) is 12.8 Å². The van der Waals surface area contributed by atoms with E-state index in [9.17, 15) is 34.1 Å². The smallest absolute Gasteiger partial charge is 0.472 e. The number of allylic oxidation sites excluding steroid dienone is 5. The van der Waals surface area contributed by atoms with Gasteiger partial charge in [-0.1, -0.05) is 146 Å². The molecule has 0 bridgehead atoms. The van der Waals surface area contributed by atoms with Gasteiger partial charge in [0.15, 0.2) is 6.10 Å². The van der Waals surface area contributed by atoms with Gasteiger partial charge in [-0.05, 0) is 38.5 Å². The molecule has 0 spiro atoms. The van der Waals surface area contributed by atoms with E-state index in [1.165, 1.54) is 64.2 Å². The van der Waals surface area contributed by atoms with Crippen LogP contribution in [0.25, 0.3) is 0 Å². The van der Waals surface area contributed by atoms with Gasteiger partial charge in [0.2, 0.25) is 0 Å². The molecule has 0 radical (unpaired) electrons. The van der Waals surface area contributed by atoms with Crippen molar-refractivity contribution in [3.8, 4) is 0 Å². The van der Waals surface area contributed by atoms with Gasteiger partial charge in [0.25, 0.3) is 0 Å². The first-order chi connectivity index (χ1) is 26.4.